The Morgan fingerprint density at radius 3 is 2.64 bits per heavy atom. The molecule has 2 rings (SSSR count). The topological polar surface area (TPSA) is 29.3 Å². The van der Waals surface area contributed by atoms with E-state index in [-0.39, 0.29) is 0 Å². The summed E-state index contributed by atoms with van der Waals surface area (Å²) >= 11 is 2.05. The summed E-state index contributed by atoms with van der Waals surface area (Å²) in [7, 11) is 0. The van der Waals surface area contributed by atoms with Crippen molar-refractivity contribution in [2.24, 2.45) is 5.73 Å². The van der Waals surface area contributed by atoms with Crippen LogP contribution in [0.3, 0.4) is 0 Å². The highest BCUT2D eigenvalue weighted by Gasteiger charge is 2.31. The second-order valence-corrected chi connectivity index (χ2v) is 5.85. The van der Waals surface area contributed by atoms with E-state index >= 15 is 0 Å². The van der Waals surface area contributed by atoms with Gasteiger partial charge >= 0.3 is 0 Å². The van der Waals surface area contributed by atoms with Gasteiger partial charge in [0.05, 0.1) is 0 Å². The molecule has 2 nitrogen and oxygen atoms in total. The summed E-state index contributed by atoms with van der Waals surface area (Å²) in [4.78, 5) is 2.68. The second kappa shape index (κ2) is 4.86. The number of hydrogen-bond donors (Lipinski definition) is 1. The summed E-state index contributed by atoms with van der Waals surface area (Å²) in [5.74, 6) is 0. The van der Waals surface area contributed by atoms with Crippen molar-refractivity contribution in [3.05, 3.63) is 0 Å². The van der Waals surface area contributed by atoms with Crippen molar-refractivity contribution in [1.82, 2.24) is 4.90 Å². The molecule has 1 aliphatic carbocycles. The third-order valence-electron chi connectivity index (χ3n) is 3.71. The number of hydrogen-bond acceptors (Lipinski definition) is 3. The molecule has 1 saturated heterocycles. The lowest BCUT2D eigenvalue weighted by Crippen LogP contribution is -2.50. The molecule has 2 fully saturated rings. The molecule has 0 aromatic rings. The molecule has 0 radical (unpaired) electrons. The van der Waals surface area contributed by atoms with E-state index in [0.717, 1.165) is 11.3 Å². The van der Waals surface area contributed by atoms with Crippen LogP contribution in [0.1, 0.15) is 32.1 Å². The summed E-state index contributed by atoms with van der Waals surface area (Å²) in [6, 6.07) is 1.32. The maximum absolute atomic E-state index is 5.84. The first-order chi connectivity index (χ1) is 6.79. The standard InChI is InChI=1S/C11H22N2S/c1-14-11-3-2-5-13(6-4-11)10-7-9(12)8-10/h9-11H,2-8,12H2,1H3. The number of nitrogens with two attached hydrogens (primary N) is 1. The maximum Gasteiger partial charge on any atom is 0.0125 e. The SMILES string of the molecule is CSC1CCCN(C2CC(N)C2)CC1. The van der Waals surface area contributed by atoms with Gasteiger partial charge in [0.2, 0.25) is 0 Å². The molecular weight excluding hydrogens is 192 g/mol. The Labute approximate surface area is 91.6 Å². The predicted molar refractivity (Wildman–Crippen MR) is 63.7 cm³/mol. The minimum atomic E-state index is 0.500. The summed E-state index contributed by atoms with van der Waals surface area (Å²) < 4.78 is 0. The van der Waals surface area contributed by atoms with Crippen molar-refractivity contribution in [2.75, 3.05) is 19.3 Å². The Bertz CT molecular complexity index is 180. The highest BCUT2D eigenvalue weighted by molar-refractivity contribution is 7.99. The van der Waals surface area contributed by atoms with Gasteiger partial charge in [-0.25, -0.2) is 0 Å². The quantitative estimate of drug-likeness (QED) is 0.758. The van der Waals surface area contributed by atoms with Gasteiger partial charge in [-0.1, -0.05) is 0 Å². The summed E-state index contributed by atoms with van der Waals surface area (Å²) in [5, 5.41) is 0.911. The van der Waals surface area contributed by atoms with Crippen molar-refractivity contribution in [2.45, 2.75) is 49.4 Å². The van der Waals surface area contributed by atoms with Crippen LogP contribution in [0.25, 0.3) is 0 Å². The Kier molecular flexibility index (Phi) is 3.74. The minimum Gasteiger partial charge on any atom is -0.328 e. The summed E-state index contributed by atoms with van der Waals surface area (Å²) in [5.41, 5.74) is 5.84. The minimum absolute atomic E-state index is 0.500. The molecule has 82 valence electrons. The predicted octanol–water partition coefficient (Wildman–Crippen LogP) is 1.69. The highest BCUT2D eigenvalue weighted by Crippen LogP contribution is 2.28. The maximum atomic E-state index is 5.84. The number of likely N-dealkylation sites (tertiary alicyclic amines) is 1. The van der Waals surface area contributed by atoms with Gasteiger partial charge in [0.25, 0.3) is 0 Å². The Hall–Kier alpha value is 0.270. The first-order valence-electron chi connectivity index (χ1n) is 5.82. The molecule has 1 unspecified atom stereocenters. The van der Waals surface area contributed by atoms with E-state index in [4.69, 9.17) is 5.73 Å². The van der Waals surface area contributed by atoms with E-state index in [2.05, 4.69) is 11.2 Å². The zero-order chi connectivity index (χ0) is 9.97. The van der Waals surface area contributed by atoms with Gasteiger partial charge in [-0.2, -0.15) is 11.8 Å². The van der Waals surface area contributed by atoms with Gasteiger partial charge < -0.3 is 10.6 Å². The Morgan fingerprint density at radius 1 is 1.21 bits per heavy atom. The van der Waals surface area contributed by atoms with Crippen LogP contribution < -0.4 is 5.73 Å². The molecule has 1 aliphatic heterocycles. The Morgan fingerprint density at radius 2 is 2.00 bits per heavy atom. The average Bonchev–Trinajstić information content (AvgIpc) is 2.37. The normalized spacial score (nSPS) is 40.3. The van der Waals surface area contributed by atoms with Crippen LogP contribution in [0.5, 0.6) is 0 Å². The lowest BCUT2D eigenvalue weighted by molar-refractivity contribution is 0.115. The smallest absolute Gasteiger partial charge is 0.0125 e. The molecule has 1 heterocycles. The van der Waals surface area contributed by atoms with E-state index in [1.807, 2.05) is 11.8 Å². The third kappa shape index (κ3) is 2.44. The molecule has 2 aliphatic rings. The largest absolute Gasteiger partial charge is 0.328 e. The van der Waals surface area contributed by atoms with E-state index in [1.54, 1.807) is 0 Å². The van der Waals surface area contributed by atoms with Crippen LogP contribution in [0, 0.1) is 0 Å². The first kappa shape index (κ1) is 10.8. The van der Waals surface area contributed by atoms with Gasteiger partial charge in [-0.15, -0.1) is 0 Å². The van der Waals surface area contributed by atoms with Gasteiger partial charge in [0, 0.05) is 17.3 Å². The summed E-state index contributed by atoms with van der Waals surface area (Å²) in [6.45, 7) is 2.62. The zero-order valence-electron chi connectivity index (χ0n) is 9.11. The third-order valence-corrected chi connectivity index (χ3v) is 4.85. The number of thioether (sulfide) groups is 1. The molecule has 0 spiro atoms. The van der Waals surface area contributed by atoms with Gasteiger partial charge in [-0.3, -0.25) is 0 Å². The number of rotatable bonds is 2. The zero-order valence-corrected chi connectivity index (χ0v) is 9.93. The molecule has 0 amide bonds. The van der Waals surface area contributed by atoms with Crippen LogP contribution in [-0.2, 0) is 0 Å². The van der Waals surface area contributed by atoms with Gasteiger partial charge in [0.15, 0.2) is 0 Å². The second-order valence-electron chi connectivity index (χ2n) is 4.71. The fourth-order valence-corrected chi connectivity index (χ4v) is 3.36. The molecule has 2 N–H and O–H groups in total. The summed E-state index contributed by atoms with van der Waals surface area (Å²) in [6.07, 6.45) is 8.91. The van der Waals surface area contributed by atoms with Crippen molar-refractivity contribution in [3.8, 4) is 0 Å². The first-order valence-corrected chi connectivity index (χ1v) is 7.11. The van der Waals surface area contributed by atoms with Crippen molar-refractivity contribution in [1.29, 1.82) is 0 Å². The van der Waals surface area contributed by atoms with Crippen LogP contribution in [0.15, 0.2) is 0 Å². The van der Waals surface area contributed by atoms with Crippen LogP contribution in [0.2, 0.25) is 0 Å². The molecule has 3 heteroatoms. The fourth-order valence-electron chi connectivity index (χ4n) is 2.62. The average molecular weight is 214 g/mol. The molecule has 0 aromatic heterocycles. The lowest BCUT2D eigenvalue weighted by atomic mass is 9.86. The fraction of sp³-hybridized carbons (Fsp3) is 1.00. The molecule has 14 heavy (non-hydrogen) atoms. The van der Waals surface area contributed by atoms with Crippen LogP contribution >= 0.6 is 11.8 Å². The van der Waals surface area contributed by atoms with Crippen LogP contribution in [0.4, 0.5) is 0 Å². The number of nitrogens with zero attached hydrogens (tertiary/aromatic N) is 1. The van der Waals surface area contributed by atoms with Gasteiger partial charge in [-0.05, 0) is 51.4 Å². The molecule has 1 atom stereocenters. The molecule has 0 bridgehead atoms. The monoisotopic (exact) mass is 214 g/mol. The van der Waals surface area contributed by atoms with Crippen molar-refractivity contribution in [3.63, 3.8) is 0 Å². The van der Waals surface area contributed by atoms with Gasteiger partial charge in [0.1, 0.15) is 0 Å². The molecule has 1 saturated carbocycles. The van der Waals surface area contributed by atoms with E-state index in [1.165, 1.54) is 45.2 Å². The van der Waals surface area contributed by atoms with E-state index < -0.39 is 0 Å². The molecule has 0 aromatic carbocycles. The Balaban J connectivity index is 1.78. The van der Waals surface area contributed by atoms with E-state index in [0.29, 0.717) is 6.04 Å². The van der Waals surface area contributed by atoms with Crippen LogP contribution in [-0.4, -0.2) is 41.6 Å². The molecular formula is C11H22N2S. The highest BCUT2D eigenvalue weighted by atomic mass is 32.2. The van der Waals surface area contributed by atoms with Crippen molar-refractivity contribution >= 4 is 11.8 Å². The van der Waals surface area contributed by atoms with Crippen molar-refractivity contribution < 1.29 is 0 Å². The van der Waals surface area contributed by atoms with E-state index in [9.17, 15) is 0 Å². The lowest BCUT2D eigenvalue weighted by Gasteiger charge is -2.41.